The second-order valence-electron chi connectivity index (χ2n) is 8.04. The molecule has 1 aromatic heterocycles. The SMILES string of the molecule is C[C@@]1(O)C2CC[C@H]1C[C@H](S(=O)(=O)c1cc(C(=O)Nc3cccnn3)ccc1Cl)C2. The fourth-order valence-corrected chi connectivity index (χ4v) is 7.02. The van der Waals surface area contributed by atoms with E-state index in [2.05, 4.69) is 15.5 Å². The number of hydrogen-bond donors (Lipinski definition) is 2. The standard InChI is InChI=1S/C20H22ClN3O4S/c1-20(26)13-5-6-14(20)11-15(10-13)29(27,28)17-9-12(4-7-16(17)21)19(25)23-18-3-2-8-22-24-18/h2-4,7-9,13-15,26H,5-6,10-11H2,1H3,(H,23,24,25)/t13-,14?,15-,20-/m0/s1. The van der Waals surface area contributed by atoms with Crippen LogP contribution in [0.1, 0.15) is 43.0 Å². The van der Waals surface area contributed by atoms with E-state index < -0.39 is 26.6 Å². The molecule has 0 spiro atoms. The lowest BCUT2D eigenvalue weighted by molar-refractivity contribution is -0.0413. The number of rotatable bonds is 4. The van der Waals surface area contributed by atoms with Crippen LogP contribution in [0.2, 0.25) is 5.02 Å². The summed E-state index contributed by atoms with van der Waals surface area (Å²) in [7, 11) is -3.75. The van der Waals surface area contributed by atoms with Gasteiger partial charge in [-0.25, -0.2) is 8.42 Å². The van der Waals surface area contributed by atoms with Crippen molar-refractivity contribution in [2.75, 3.05) is 5.32 Å². The van der Waals surface area contributed by atoms with Crippen molar-refractivity contribution >= 4 is 33.2 Å². The first-order valence-corrected chi connectivity index (χ1v) is 11.5. The summed E-state index contributed by atoms with van der Waals surface area (Å²) in [5, 5.41) is 20.2. The minimum Gasteiger partial charge on any atom is -0.390 e. The van der Waals surface area contributed by atoms with Crippen molar-refractivity contribution in [3.63, 3.8) is 0 Å². The zero-order valence-electron chi connectivity index (χ0n) is 15.9. The van der Waals surface area contributed by atoms with E-state index >= 15 is 0 Å². The van der Waals surface area contributed by atoms with Crippen LogP contribution in [0, 0.1) is 11.8 Å². The number of fused-ring (bicyclic) bond motifs is 2. The van der Waals surface area contributed by atoms with Crippen LogP contribution in [-0.4, -0.2) is 40.5 Å². The Bertz CT molecular complexity index is 1030. The topological polar surface area (TPSA) is 109 Å². The van der Waals surface area contributed by atoms with Gasteiger partial charge in [0.2, 0.25) is 0 Å². The van der Waals surface area contributed by atoms with Crippen molar-refractivity contribution in [2.24, 2.45) is 11.8 Å². The summed E-state index contributed by atoms with van der Waals surface area (Å²) in [5.74, 6) is -0.306. The normalized spacial score (nSPS) is 28.9. The summed E-state index contributed by atoms with van der Waals surface area (Å²) in [4.78, 5) is 12.5. The Balaban J connectivity index is 1.61. The van der Waals surface area contributed by atoms with Gasteiger partial charge in [-0.3, -0.25) is 4.79 Å². The quantitative estimate of drug-likeness (QED) is 0.763. The Kier molecular flexibility index (Phi) is 5.13. The second-order valence-corrected chi connectivity index (χ2v) is 10.6. The summed E-state index contributed by atoms with van der Waals surface area (Å²) >= 11 is 6.23. The van der Waals surface area contributed by atoms with Crippen LogP contribution in [0.4, 0.5) is 5.82 Å². The molecular weight excluding hydrogens is 414 g/mol. The van der Waals surface area contributed by atoms with Crippen LogP contribution in [-0.2, 0) is 9.84 Å². The second kappa shape index (κ2) is 7.34. The van der Waals surface area contributed by atoms with E-state index in [9.17, 15) is 18.3 Å². The molecule has 9 heteroatoms. The fourth-order valence-electron chi connectivity index (χ4n) is 4.62. The van der Waals surface area contributed by atoms with Crippen molar-refractivity contribution in [1.82, 2.24) is 10.2 Å². The van der Waals surface area contributed by atoms with Gasteiger partial charge < -0.3 is 10.4 Å². The predicted octanol–water partition coefficient (Wildman–Crippen LogP) is 3.10. The molecule has 4 atom stereocenters. The molecule has 2 bridgehead atoms. The number of nitrogens with zero attached hydrogens (tertiary/aromatic N) is 2. The number of carbonyl (C=O) groups is 1. The third kappa shape index (κ3) is 3.65. The number of carbonyl (C=O) groups excluding carboxylic acids is 1. The number of sulfone groups is 1. The highest BCUT2D eigenvalue weighted by Gasteiger charge is 2.53. The van der Waals surface area contributed by atoms with Gasteiger partial charge in [-0.05, 0) is 74.8 Å². The molecule has 2 fully saturated rings. The van der Waals surface area contributed by atoms with E-state index in [1.54, 1.807) is 12.1 Å². The lowest BCUT2D eigenvalue weighted by Crippen LogP contribution is -2.45. The van der Waals surface area contributed by atoms with E-state index in [-0.39, 0.29) is 33.1 Å². The smallest absolute Gasteiger partial charge is 0.256 e. The molecule has 29 heavy (non-hydrogen) atoms. The van der Waals surface area contributed by atoms with Crippen molar-refractivity contribution in [3.05, 3.63) is 47.1 Å². The van der Waals surface area contributed by atoms with Crippen LogP contribution in [0.3, 0.4) is 0 Å². The minimum absolute atomic E-state index is 0.0389. The van der Waals surface area contributed by atoms with Gasteiger partial charge in [0.15, 0.2) is 15.7 Å². The number of aliphatic hydroxyl groups is 1. The maximum Gasteiger partial charge on any atom is 0.256 e. The van der Waals surface area contributed by atoms with Gasteiger partial charge in [0.1, 0.15) is 0 Å². The average Bonchev–Trinajstić information content (AvgIpc) is 2.86. The predicted molar refractivity (Wildman–Crippen MR) is 108 cm³/mol. The van der Waals surface area contributed by atoms with Crippen molar-refractivity contribution in [3.8, 4) is 0 Å². The molecule has 0 radical (unpaired) electrons. The highest BCUT2D eigenvalue weighted by molar-refractivity contribution is 7.92. The number of halogens is 1. The number of benzene rings is 1. The lowest BCUT2D eigenvalue weighted by atomic mass is 9.76. The first-order chi connectivity index (χ1) is 13.7. The number of aromatic nitrogens is 2. The molecule has 0 aliphatic heterocycles. The maximum absolute atomic E-state index is 13.4. The Labute approximate surface area is 174 Å². The summed E-state index contributed by atoms with van der Waals surface area (Å²) in [6.45, 7) is 1.81. The molecule has 0 saturated heterocycles. The van der Waals surface area contributed by atoms with E-state index in [0.29, 0.717) is 12.8 Å². The molecule has 1 heterocycles. The van der Waals surface area contributed by atoms with Gasteiger partial charge in [0.25, 0.3) is 5.91 Å². The van der Waals surface area contributed by atoms with Gasteiger partial charge in [-0.15, -0.1) is 5.10 Å². The number of nitrogens with one attached hydrogen (secondary N) is 1. The van der Waals surface area contributed by atoms with Crippen molar-refractivity contribution in [1.29, 1.82) is 0 Å². The average molecular weight is 436 g/mol. The summed E-state index contributed by atoms with van der Waals surface area (Å²) < 4.78 is 26.7. The zero-order valence-corrected chi connectivity index (χ0v) is 17.4. The van der Waals surface area contributed by atoms with Crippen LogP contribution in [0.25, 0.3) is 0 Å². The van der Waals surface area contributed by atoms with E-state index in [1.807, 2.05) is 6.92 Å². The molecule has 7 nitrogen and oxygen atoms in total. The highest BCUT2D eigenvalue weighted by atomic mass is 35.5. The molecule has 2 N–H and O–H groups in total. The highest BCUT2D eigenvalue weighted by Crippen LogP contribution is 2.51. The van der Waals surface area contributed by atoms with Gasteiger partial charge >= 0.3 is 0 Å². The maximum atomic E-state index is 13.4. The summed E-state index contributed by atoms with van der Waals surface area (Å²) in [6, 6.07) is 7.43. The van der Waals surface area contributed by atoms with Crippen LogP contribution >= 0.6 is 11.6 Å². The molecule has 4 rings (SSSR count). The molecule has 2 aliphatic rings. The van der Waals surface area contributed by atoms with Gasteiger partial charge in [0, 0.05) is 11.8 Å². The molecule has 2 saturated carbocycles. The fraction of sp³-hybridized carbons (Fsp3) is 0.450. The van der Waals surface area contributed by atoms with E-state index in [0.717, 1.165) is 12.8 Å². The number of amides is 1. The minimum atomic E-state index is -3.75. The van der Waals surface area contributed by atoms with Crippen LogP contribution in [0.5, 0.6) is 0 Å². The summed E-state index contributed by atoms with van der Waals surface area (Å²) in [5.41, 5.74) is -0.640. The van der Waals surface area contributed by atoms with Gasteiger partial charge in [-0.1, -0.05) is 11.6 Å². The van der Waals surface area contributed by atoms with E-state index in [4.69, 9.17) is 11.6 Å². The van der Waals surface area contributed by atoms with Crippen molar-refractivity contribution < 1.29 is 18.3 Å². The zero-order chi connectivity index (χ0) is 20.8. The third-order valence-electron chi connectivity index (χ3n) is 6.36. The van der Waals surface area contributed by atoms with Crippen molar-refractivity contribution in [2.45, 2.75) is 48.4 Å². The Morgan fingerprint density at radius 3 is 2.55 bits per heavy atom. The molecular formula is C20H22ClN3O4S. The molecule has 2 aromatic rings. The molecule has 2 aliphatic carbocycles. The van der Waals surface area contributed by atoms with Gasteiger partial charge in [0.05, 0.1) is 20.8 Å². The number of anilines is 1. The van der Waals surface area contributed by atoms with E-state index in [1.165, 1.54) is 24.4 Å². The summed E-state index contributed by atoms with van der Waals surface area (Å²) in [6.07, 6.45) is 3.95. The largest absolute Gasteiger partial charge is 0.390 e. The van der Waals surface area contributed by atoms with Crippen LogP contribution < -0.4 is 5.32 Å². The molecule has 154 valence electrons. The Morgan fingerprint density at radius 2 is 1.93 bits per heavy atom. The van der Waals surface area contributed by atoms with Crippen LogP contribution in [0.15, 0.2) is 41.4 Å². The molecule has 1 amide bonds. The molecule has 1 aromatic carbocycles. The Hall–Kier alpha value is -2.03. The first-order valence-electron chi connectivity index (χ1n) is 9.54. The number of hydrogen-bond acceptors (Lipinski definition) is 6. The molecule has 1 unspecified atom stereocenters. The Morgan fingerprint density at radius 1 is 1.24 bits per heavy atom. The first kappa shape index (κ1) is 20.3. The monoisotopic (exact) mass is 435 g/mol. The van der Waals surface area contributed by atoms with Gasteiger partial charge in [-0.2, -0.15) is 5.10 Å². The lowest BCUT2D eigenvalue weighted by Gasteiger charge is -2.40. The third-order valence-corrected chi connectivity index (χ3v) is 9.02.